The third-order valence-electron chi connectivity index (χ3n) is 3.92. The third-order valence-corrected chi connectivity index (χ3v) is 3.92. The van der Waals surface area contributed by atoms with Crippen molar-refractivity contribution >= 4 is 11.6 Å². The lowest BCUT2D eigenvalue weighted by Gasteiger charge is -2.57. The summed E-state index contributed by atoms with van der Waals surface area (Å²) in [6, 6.07) is 7.26. The zero-order valence-electron chi connectivity index (χ0n) is 11.6. The van der Waals surface area contributed by atoms with E-state index in [0.717, 1.165) is 6.42 Å². The van der Waals surface area contributed by atoms with Gasteiger partial charge in [0.2, 0.25) is 0 Å². The summed E-state index contributed by atoms with van der Waals surface area (Å²) in [6.07, 6.45) is 1.13. The highest BCUT2D eigenvalue weighted by atomic mass is 16.1. The third kappa shape index (κ3) is 2.22. The van der Waals surface area contributed by atoms with Crippen molar-refractivity contribution in [2.75, 3.05) is 5.73 Å². The molecule has 0 aromatic heterocycles. The Bertz CT molecular complexity index is 446. The lowest BCUT2D eigenvalue weighted by molar-refractivity contribution is -0.0366. The fraction of sp³-hybridized carbons (Fsp3) is 0.533. The molecule has 3 nitrogen and oxygen atoms in total. The highest BCUT2D eigenvalue weighted by molar-refractivity contribution is 5.94. The van der Waals surface area contributed by atoms with Gasteiger partial charge in [-0.2, -0.15) is 0 Å². The van der Waals surface area contributed by atoms with Crippen molar-refractivity contribution in [3.05, 3.63) is 29.8 Å². The maximum absolute atomic E-state index is 12.2. The molecule has 1 fully saturated rings. The molecule has 0 atom stereocenters. The van der Waals surface area contributed by atoms with E-state index in [1.54, 1.807) is 24.3 Å². The molecule has 1 aliphatic carbocycles. The van der Waals surface area contributed by atoms with E-state index >= 15 is 0 Å². The number of anilines is 1. The minimum Gasteiger partial charge on any atom is -0.399 e. The number of carbonyl (C=O) groups excluding carboxylic acids is 1. The SMILES string of the molecule is CC1(C)CC(C)(C)C1NC(=O)c1ccc(N)cc1. The molecule has 0 aliphatic heterocycles. The van der Waals surface area contributed by atoms with Gasteiger partial charge in [0, 0.05) is 17.3 Å². The molecular formula is C15H22N2O. The van der Waals surface area contributed by atoms with Crippen LogP contribution in [0.15, 0.2) is 24.3 Å². The minimum absolute atomic E-state index is 0.0131. The van der Waals surface area contributed by atoms with Crippen LogP contribution < -0.4 is 11.1 Å². The quantitative estimate of drug-likeness (QED) is 0.788. The van der Waals surface area contributed by atoms with E-state index in [2.05, 4.69) is 33.0 Å². The summed E-state index contributed by atoms with van der Waals surface area (Å²) in [7, 11) is 0. The van der Waals surface area contributed by atoms with Crippen molar-refractivity contribution in [1.82, 2.24) is 5.32 Å². The smallest absolute Gasteiger partial charge is 0.251 e. The molecule has 3 N–H and O–H groups in total. The minimum atomic E-state index is -0.0131. The molecule has 1 saturated carbocycles. The van der Waals surface area contributed by atoms with Crippen molar-refractivity contribution in [3.63, 3.8) is 0 Å². The van der Waals surface area contributed by atoms with Crippen LogP contribution in [-0.2, 0) is 0 Å². The molecule has 0 heterocycles. The first-order chi connectivity index (χ1) is 8.22. The normalized spacial score (nSPS) is 21.1. The van der Waals surface area contributed by atoms with Crippen LogP contribution in [-0.4, -0.2) is 11.9 Å². The highest BCUT2D eigenvalue weighted by Crippen LogP contribution is 2.53. The number of benzene rings is 1. The first-order valence-electron chi connectivity index (χ1n) is 6.39. The summed E-state index contributed by atoms with van der Waals surface area (Å²) in [5.41, 5.74) is 7.31. The summed E-state index contributed by atoms with van der Waals surface area (Å²) < 4.78 is 0. The van der Waals surface area contributed by atoms with Gasteiger partial charge < -0.3 is 11.1 Å². The van der Waals surface area contributed by atoms with Crippen LogP contribution in [0.5, 0.6) is 0 Å². The molecular weight excluding hydrogens is 224 g/mol. The first-order valence-corrected chi connectivity index (χ1v) is 6.39. The standard InChI is InChI=1S/C15H22N2O/c1-14(2)9-15(3,4)13(14)17-12(18)10-5-7-11(16)8-6-10/h5-8,13H,9,16H2,1-4H3,(H,17,18). The first kappa shape index (κ1) is 12.9. The molecule has 0 spiro atoms. The molecule has 0 radical (unpaired) electrons. The molecule has 1 aromatic carbocycles. The van der Waals surface area contributed by atoms with Gasteiger partial charge in [0.1, 0.15) is 0 Å². The Morgan fingerprint density at radius 2 is 1.67 bits per heavy atom. The van der Waals surface area contributed by atoms with Gasteiger partial charge in [0.15, 0.2) is 0 Å². The molecule has 98 valence electrons. The second kappa shape index (κ2) is 4.01. The van der Waals surface area contributed by atoms with Crippen LogP contribution in [0.25, 0.3) is 0 Å². The van der Waals surface area contributed by atoms with Crippen LogP contribution in [0.3, 0.4) is 0 Å². The fourth-order valence-electron chi connectivity index (χ4n) is 3.54. The maximum Gasteiger partial charge on any atom is 0.251 e. The number of nitrogen functional groups attached to an aromatic ring is 1. The molecule has 1 aromatic rings. The predicted octanol–water partition coefficient (Wildman–Crippen LogP) is 2.82. The van der Waals surface area contributed by atoms with E-state index in [1.165, 1.54) is 0 Å². The van der Waals surface area contributed by atoms with Crippen LogP contribution in [0.1, 0.15) is 44.5 Å². The second-order valence-corrected chi connectivity index (χ2v) is 6.68. The Labute approximate surface area is 109 Å². The number of nitrogens with two attached hydrogens (primary N) is 1. The summed E-state index contributed by atoms with van der Waals surface area (Å²) in [5.74, 6) is -0.0131. The van der Waals surface area contributed by atoms with Crippen molar-refractivity contribution < 1.29 is 4.79 Å². The van der Waals surface area contributed by atoms with Gasteiger partial charge in [0.05, 0.1) is 0 Å². The molecule has 0 bridgehead atoms. The number of nitrogens with one attached hydrogen (secondary N) is 1. The van der Waals surface area contributed by atoms with Gasteiger partial charge in [-0.15, -0.1) is 0 Å². The summed E-state index contributed by atoms with van der Waals surface area (Å²) >= 11 is 0. The fourth-order valence-corrected chi connectivity index (χ4v) is 3.54. The van der Waals surface area contributed by atoms with E-state index in [4.69, 9.17) is 5.73 Å². The lowest BCUT2D eigenvalue weighted by atomic mass is 9.52. The summed E-state index contributed by atoms with van der Waals surface area (Å²) in [6.45, 7) is 8.80. The number of hydrogen-bond donors (Lipinski definition) is 2. The Kier molecular flexibility index (Phi) is 2.88. The van der Waals surface area contributed by atoms with E-state index in [-0.39, 0.29) is 22.8 Å². The topological polar surface area (TPSA) is 55.1 Å². The van der Waals surface area contributed by atoms with Gasteiger partial charge in [-0.05, 0) is 41.5 Å². The van der Waals surface area contributed by atoms with Crippen LogP contribution in [0, 0.1) is 10.8 Å². The van der Waals surface area contributed by atoms with Crippen molar-refractivity contribution in [2.24, 2.45) is 10.8 Å². The van der Waals surface area contributed by atoms with Gasteiger partial charge >= 0.3 is 0 Å². The second-order valence-electron chi connectivity index (χ2n) is 6.68. The van der Waals surface area contributed by atoms with Gasteiger partial charge in [-0.3, -0.25) is 4.79 Å². The van der Waals surface area contributed by atoms with Crippen LogP contribution >= 0.6 is 0 Å². The summed E-state index contributed by atoms with van der Waals surface area (Å²) in [4.78, 5) is 12.2. The number of amides is 1. The molecule has 0 saturated heterocycles. The van der Waals surface area contributed by atoms with Crippen molar-refractivity contribution in [2.45, 2.75) is 40.2 Å². The van der Waals surface area contributed by atoms with Crippen LogP contribution in [0.4, 0.5) is 5.69 Å². The van der Waals surface area contributed by atoms with Crippen molar-refractivity contribution in [3.8, 4) is 0 Å². The van der Waals surface area contributed by atoms with E-state index in [0.29, 0.717) is 11.3 Å². The largest absolute Gasteiger partial charge is 0.399 e. The van der Waals surface area contributed by atoms with E-state index < -0.39 is 0 Å². The number of rotatable bonds is 2. The average molecular weight is 246 g/mol. The van der Waals surface area contributed by atoms with Crippen molar-refractivity contribution in [1.29, 1.82) is 0 Å². The van der Waals surface area contributed by atoms with Gasteiger partial charge in [-0.1, -0.05) is 27.7 Å². The highest BCUT2D eigenvalue weighted by Gasteiger charge is 2.53. The Balaban J connectivity index is 2.10. The van der Waals surface area contributed by atoms with Crippen LogP contribution in [0.2, 0.25) is 0 Å². The molecule has 2 rings (SSSR count). The molecule has 0 unspecified atom stereocenters. The zero-order valence-corrected chi connectivity index (χ0v) is 11.6. The van der Waals surface area contributed by atoms with Gasteiger partial charge in [0.25, 0.3) is 5.91 Å². The Hall–Kier alpha value is -1.51. The molecule has 1 amide bonds. The average Bonchev–Trinajstić information content (AvgIpc) is 2.25. The lowest BCUT2D eigenvalue weighted by Crippen LogP contribution is -2.63. The molecule has 3 heteroatoms. The molecule has 18 heavy (non-hydrogen) atoms. The Morgan fingerprint density at radius 3 is 2.11 bits per heavy atom. The van der Waals surface area contributed by atoms with Gasteiger partial charge in [-0.25, -0.2) is 0 Å². The van der Waals surface area contributed by atoms with E-state index in [9.17, 15) is 4.79 Å². The monoisotopic (exact) mass is 246 g/mol. The maximum atomic E-state index is 12.2. The van der Waals surface area contributed by atoms with E-state index in [1.807, 2.05) is 0 Å². The predicted molar refractivity (Wildman–Crippen MR) is 74.3 cm³/mol. The Morgan fingerprint density at radius 1 is 1.17 bits per heavy atom. The molecule has 1 aliphatic rings. The number of carbonyl (C=O) groups is 1. The number of hydrogen-bond acceptors (Lipinski definition) is 2. The zero-order chi connectivity index (χ0) is 13.6. The summed E-state index contributed by atoms with van der Waals surface area (Å²) in [5, 5.41) is 3.15.